The number of hydrogen-bond donors (Lipinski definition) is 1. The second-order valence-electron chi connectivity index (χ2n) is 6.80. The molecule has 0 bridgehead atoms. The van der Waals surface area contributed by atoms with Crippen LogP contribution < -0.4 is 5.32 Å². The lowest BCUT2D eigenvalue weighted by Gasteiger charge is -2.30. The van der Waals surface area contributed by atoms with Crippen LogP contribution in [0, 0.1) is 5.92 Å². The lowest BCUT2D eigenvalue weighted by molar-refractivity contribution is -0.124. The third-order valence-corrected chi connectivity index (χ3v) is 5.79. The van der Waals surface area contributed by atoms with Crippen LogP contribution in [0.4, 0.5) is 0 Å². The van der Waals surface area contributed by atoms with Gasteiger partial charge in [-0.2, -0.15) is 0 Å². The minimum absolute atomic E-state index is 0.0325. The highest BCUT2D eigenvalue weighted by Crippen LogP contribution is 2.34. The highest BCUT2D eigenvalue weighted by atomic mass is 35.5. The Bertz CT molecular complexity index is 592. The number of unbranched alkanes of at least 4 members (excludes halogenated alkanes) is 1. The Morgan fingerprint density at radius 3 is 2.60 bits per heavy atom. The molecule has 2 atom stereocenters. The molecule has 1 aromatic carbocycles. The maximum Gasteiger partial charge on any atom is 0.255 e. The SMILES string of the molecule is CCCCNC(=O)C1CSC(CC(C)C)N1C(=O)c1ccc(Cl)cc1. The van der Waals surface area contributed by atoms with E-state index >= 15 is 0 Å². The van der Waals surface area contributed by atoms with Gasteiger partial charge in [0.05, 0.1) is 5.37 Å². The predicted molar refractivity (Wildman–Crippen MR) is 105 cm³/mol. The number of rotatable bonds is 7. The van der Waals surface area contributed by atoms with E-state index in [1.54, 1.807) is 40.9 Å². The summed E-state index contributed by atoms with van der Waals surface area (Å²) in [6, 6.07) is 6.48. The van der Waals surface area contributed by atoms with Crippen molar-refractivity contribution in [2.45, 2.75) is 51.4 Å². The number of hydrogen-bond acceptors (Lipinski definition) is 3. The van der Waals surface area contributed by atoms with Gasteiger partial charge in [0.2, 0.25) is 5.91 Å². The molecule has 25 heavy (non-hydrogen) atoms. The summed E-state index contributed by atoms with van der Waals surface area (Å²) in [5.41, 5.74) is 0.576. The molecule has 138 valence electrons. The van der Waals surface area contributed by atoms with Crippen molar-refractivity contribution in [2.24, 2.45) is 5.92 Å². The van der Waals surface area contributed by atoms with Crippen molar-refractivity contribution >= 4 is 35.2 Å². The lowest BCUT2D eigenvalue weighted by Crippen LogP contribution is -2.50. The zero-order valence-corrected chi connectivity index (χ0v) is 16.7. The van der Waals surface area contributed by atoms with Crippen LogP contribution in [0.1, 0.15) is 50.4 Å². The van der Waals surface area contributed by atoms with Crippen LogP contribution in [0.3, 0.4) is 0 Å². The molecule has 4 nitrogen and oxygen atoms in total. The minimum Gasteiger partial charge on any atom is -0.354 e. The van der Waals surface area contributed by atoms with E-state index in [4.69, 9.17) is 11.6 Å². The fourth-order valence-corrected chi connectivity index (χ4v) is 4.64. The van der Waals surface area contributed by atoms with Crippen LogP contribution >= 0.6 is 23.4 Å². The van der Waals surface area contributed by atoms with E-state index in [1.165, 1.54) is 0 Å². The standard InChI is InChI=1S/C19H27ClN2O2S/c1-4-5-10-21-18(23)16-12-25-17(11-13(2)3)22(16)19(24)14-6-8-15(20)9-7-14/h6-9,13,16-17H,4-5,10-12H2,1-3H3,(H,21,23). The Morgan fingerprint density at radius 1 is 1.32 bits per heavy atom. The number of halogens is 1. The summed E-state index contributed by atoms with van der Waals surface area (Å²) < 4.78 is 0. The smallest absolute Gasteiger partial charge is 0.255 e. The van der Waals surface area contributed by atoms with Crippen molar-refractivity contribution in [3.63, 3.8) is 0 Å². The molecule has 1 heterocycles. The van der Waals surface area contributed by atoms with Crippen molar-refractivity contribution in [2.75, 3.05) is 12.3 Å². The molecule has 2 amide bonds. The normalized spacial score (nSPS) is 20.1. The first-order valence-corrected chi connectivity index (χ1v) is 10.3. The quantitative estimate of drug-likeness (QED) is 0.719. The van der Waals surface area contributed by atoms with Gasteiger partial charge in [0, 0.05) is 22.9 Å². The van der Waals surface area contributed by atoms with Gasteiger partial charge >= 0.3 is 0 Å². The fourth-order valence-electron chi connectivity index (χ4n) is 2.87. The summed E-state index contributed by atoms with van der Waals surface area (Å²) in [6.07, 6.45) is 2.86. The average molecular weight is 383 g/mol. The van der Waals surface area contributed by atoms with Crippen LogP contribution in [-0.2, 0) is 4.79 Å². The summed E-state index contributed by atoms with van der Waals surface area (Å²) in [5, 5.41) is 3.61. The second-order valence-corrected chi connectivity index (χ2v) is 8.44. The van der Waals surface area contributed by atoms with Crippen molar-refractivity contribution in [3.8, 4) is 0 Å². The van der Waals surface area contributed by atoms with E-state index in [-0.39, 0.29) is 17.2 Å². The average Bonchev–Trinajstić information content (AvgIpc) is 2.98. The number of amides is 2. The number of carbonyl (C=O) groups is 2. The zero-order valence-electron chi connectivity index (χ0n) is 15.1. The molecule has 0 radical (unpaired) electrons. The maximum atomic E-state index is 13.1. The van der Waals surface area contributed by atoms with Gasteiger partial charge in [0.15, 0.2) is 0 Å². The molecule has 1 aliphatic heterocycles. The molecule has 0 saturated carbocycles. The van der Waals surface area contributed by atoms with Crippen LogP contribution in [0.5, 0.6) is 0 Å². The first-order chi connectivity index (χ1) is 11.9. The highest BCUT2D eigenvalue weighted by Gasteiger charge is 2.41. The summed E-state index contributed by atoms with van der Waals surface area (Å²) in [7, 11) is 0. The van der Waals surface area contributed by atoms with Crippen LogP contribution in [0.2, 0.25) is 5.02 Å². The summed E-state index contributed by atoms with van der Waals surface area (Å²) in [4.78, 5) is 27.5. The molecule has 0 spiro atoms. The summed E-state index contributed by atoms with van der Waals surface area (Å²) >= 11 is 7.63. The van der Waals surface area contributed by atoms with Crippen LogP contribution in [0.15, 0.2) is 24.3 Å². The van der Waals surface area contributed by atoms with Gasteiger partial charge in [-0.25, -0.2) is 0 Å². The Labute approximate surface area is 159 Å². The van der Waals surface area contributed by atoms with E-state index in [1.807, 2.05) is 0 Å². The molecule has 1 aliphatic rings. The number of benzene rings is 1. The molecule has 0 aromatic heterocycles. The number of nitrogens with one attached hydrogen (secondary N) is 1. The second kappa shape index (κ2) is 9.48. The fraction of sp³-hybridized carbons (Fsp3) is 0.579. The molecular formula is C19H27ClN2O2S. The monoisotopic (exact) mass is 382 g/mol. The van der Waals surface area contributed by atoms with E-state index in [0.717, 1.165) is 19.3 Å². The zero-order chi connectivity index (χ0) is 18.4. The van der Waals surface area contributed by atoms with Gasteiger partial charge in [0.1, 0.15) is 6.04 Å². The van der Waals surface area contributed by atoms with Gasteiger partial charge < -0.3 is 10.2 Å². The van der Waals surface area contributed by atoms with Crippen molar-refractivity contribution in [1.29, 1.82) is 0 Å². The Kier molecular flexibility index (Phi) is 7.63. The number of nitrogens with zero attached hydrogens (tertiary/aromatic N) is 1. The van der Waals surface area contributed by atoms with E-state index in [0.29, 0.717) is 28.8 Å². The third kappa shape index (κ3) is 5.38. The number of thioether (sulfide) groups is 1. The highest BCUT2D eigenvalue weighted by molar-refractivity contribution is 8.00. The molecule has 1 fully saturated rings. The van der Waals surface area contributed by atoms with E-state index < -0.39 is 6.04 Å². The predicted octanol–water partition coefficient (Wildman–Crippen LogP) is 4.19. The molecule has 1 aromatic rings. The molecule has 0 aliphatic carbocycles. The largest absolute Gasteiger partial charge is 0.354 e. The van der Waals surface area contributed by atoms with E-state index in [2.05, 4.69) is 26.1 Å². The number of carbonyl (C=O) groups excluding carboxylic acids is 2. The molecule has 6 heteroatoms. The van der Waals surface area contributed by atoms with Gasteiger partial charge in [-0.15, -0.1) is 11.8 Å². The van der Waals surface area contributed by atoms with Crippen molar-refractivity contribution < 1.29 is 9.59 Å². The minimum atomic E-state index is -0.409. The van der Waals surface area contributed by atoms with Crippen LogP contribution in [0.25, 0.3) is 0 Å². The Morgan fingerprint density at radius 2 is 2.00 bits per heavy atom. The van der Waals surface area contributed by atoms with Gasteiger partial charge in [-0.3, -0.25) is 9.59 Å². The van der Waals surface area contributed by atoms with Crippen molar-refractivity contribution in [1.82, 2.24) is 10.2 Å². The Balaban J connectivity index is 2.19. The van der Waals surface area contributed by atoms with Gasteiger partial charge in [-0.05, 0) is 43.0 Å². The maximum absolute atomic E-state index is 13.1. The summed E-state index contributed by atoms with van der Waals surface area (Å²) in [6.45, 7) is 7.03. The van der Waals surface area contributed by atoms with Gasteiger partial charge in [0.25, 0.3) is 5.91 Å². The topological polar surface area (TPSA) is 49.4 Å². The first-order valence-electron chi connectivity index (χ1n) is 8.91. The first kappa shape index (κ1) is 20.1. The molecule has 1 N–H and O–H groups in total. The van der Waals surface area contributed by atoms with E-state index in [9.17, 15) is 9.59 Å². The lowest BCUT2D eigenvalue weighted by atomic mass is 10.1. The summed E-state index contributed by atoms with van der Waals surface area (Å²) in [5.74, 6) is 0.965. The van der Waals surface area contributed by atoms with Crippen LogP contribution in [-0.4, -0.2) is 40.4 Å². The third-order valence-electron chi connectivity index (χ3n) is 4.22. The van der Waals surface area contributed by atoms with Gasteiger partial charge in [-0.1, -0.05) is 38.8 Å². The molecule has 2 unspecified atom stereocenters. The molecular weight excluding hydrogens is 356 g/mol. The van der Waals surface area contributed by atoms with Crippen molar-refractivity contribution in [3.05, 3.63) is 34.9 Å². The molecule has 1 saturated heterocycles. The Hall–Kier alpha value is -1.20. The molecule has 2 rings (SSSR count).